The highest BCUT2D eigenvalue weighted by Gasteiger charge is 2.38. The lowest BCUT2D eigenvalue weighted by Crippen LogP contribution is -2.58. The predicted octanol–water partition coefficient (Wildman–Crippen LogP) is -2.07. The number of carbonyl (C=O) groups excluding carboxylic acids is 3. The quantitative estimate of drug-likeness (QED) is 0.0781. The third-order valence-electron chi connectivity index (χ3n) is 5.91. The van der Waals surface area contributed by atoms with Crippen molar-refractivity contribution >= 4 is 35.6 Å². The Morgan fingerprint density at radius 1 is 1.14 bits per heavy atom. The third kappa shape index (κ3) is 9.39. The van der Waals surface area contributed by atoms with Crippen LogP contribution in [0.25, 0.3) is 0 Å². The van der Waals surface area contributed by atoms with Crippen molar-refractivity contribution in [2.75, 3.05) is 13.1 Å². The monoisotopic (exact) mass is 499 g/mol. The maximum atomic E-state index is 13.1. The number of rotatable bonds is 14. The zero-order valence-electron chi connectivity index (χ0n) is 20.1. The van der Waals surface area contributed by atoms with Crippen molar-refractivity contribution in [1.82, 2.24) is 15.5 Å². The van der Waals surface area contributed by atoms with E-state index in [1.54, 1.807) is 13.8 Å². The number of nitrogens with one attached hydrogen (secondary N) is 2. The molecule has 0 aliphatic carbocycles. The average molecular weight is 500 g/mol. The summed E-state index contributed by atoms with van der Waals surface area (Å²) >= 11 is 0. The van der Waals surface area contributed by atoms with Crippen LogP contribution in [0, 0.1) is 5.92 Å². The van der Waals surface area contributed by atoms with Gasteiger partial charge in [-0.05, 0) is 31.6 Å². The van der Waals surface area contributed by atoms with Gasteiger partial charge in [0, 0.05) is 13.1 Å². The molecule has 5 unspecified atom stereocenters. The van der Waals surface area contributed by atoms with Gasteiger partial charge in [0.15, 0.2) is 5.96 Å². The first-order valence-corrected chi connectivity index (χ1v) is 11.6. The number of carbonyl (C=O) groups is 5. The highest BCUT2D eigenvalue weighted by molar-refractivity contribution is 5.95. The Labute approximate surface area is 203 Å². The van der Waals surface area contributed by atoms with E-state index in [-0.39, 0.29) is 11.9 Å². The number of likely N-dealkylation sites (tertiary alicyclic amines) is 1. The van der Waals surface area contributed by atoms with E-state index < -0.39 is 60.2 Å². The van der Waals surface area contributed by atoms with Gasteiger partial charge in [0.05, 0.1) is 12.5 Å². The van der Waals surface area contributed by atoms with E-state index in [2.05, 4.69) is 15.6 Å². The summed E-state index contributed by atoms with van der Waals surface area (Å²) < 4.78 is 0. The average Bonchev–Trinajstić information content (AvgIpc) is 3.27. The number of nitrogens with zero attached hydrogens (tertiary/aromatic N) is 2. The minimum atomic E-state index is -1.65. The second kappa shape index (κ2) is 14.1. The van der Waals surface area contributed by atoms with Gasteiger partial charge in [-0.15, -0.1) is 0 Å². The number of hydrogen-bond donors (Lipinski definition) is 7. The van der Waals surface area contributed by atoms with Gasteiger partial charge in [0.1, 0.15) is 18.1 Å². The molecule has 0 aromatic carbocycles. The predicted molar refractivity (Wildman–Crippen MR) is 126 cm³/mol. The van der Waals surface area contributed by atoms with Crippen LogP contribution in [0.3, 0.4) is 0 Å². The summed E-state index contributed by atoms with van der Waals surface area (Å²) in [6.45, 7) is 4.13. The van der Waals surface area contributed by atoms with Crippen LogP contribution in [0.1, 0.15) is 52.4 Å². The number of guanidine groups is 1. The van der Waals surface area contributed by atoms with E-state index >= 15 is 0 Å². The van der Waals surface area contributed by atoms with Gasteiger partial charge in [-0.1, -0.05) is 20.3 Å². The molecule has 1 aliphatic heterocycles. The van der Waals surface area contributed by atoms with Gasteiger partial charge >= 0.3 is 11.9 Å². The Morgan fingerprint density at radius 2 is 1.80 bits per heavy atom. The summed E-state index contributed by atoms with van der Waals surface area (Å²) in [5.74, 6) is -5.11. The Balaban J connectivity index is 2.87. The van der Waals surface area contributed by atoms with Gasteiger partial charge in [-0.25, -0.2) is 4.79 Å². The van der Waals surface area contributed by atoms with Crippen molar-refractivity contribution in [3.05, 3.63) is 0 Å². The van der Waals surface area contributed by atoms with E-state index in [0.717, 1.165) is 0 Å². The van der Waals surface area contributed by atoms with E-state index in [0.29, 0.717) is 45.2 Å². The number of nitrogens with two attached hydrogens (primary N) is 3. The molecule has 35 heavy (non-hydrogen) atoms. The summed E-state index contributed by atoms with van der Waals surface area (Å²) in [7, 11) is 0. The summed E-state index contributed by atoms with van der Waals surface area (Å²) in [5.41, 5.74) is 16.6. The van der Waals surface area contributed by atoms with Gasteiger partial charge in [-0.3, -0.25) is 24.2 Å². The van der Waals surface area contributed by atoms with E-state index in [9.17, 15) is 29.1 Å². The lowest BCUT2D eigenvalue weighted by atomic mass is 9.97. The van der Waals surface area contributed by atoms with Crippen molar-refractivity contribution in [2.24, 2.45) is 28.1 Å². The normalized spacial score (nSPS) is 18.6. The second-order valence-electron chi connectivity index (χ2n) is 8.61. The zero-order valence-corrected chi connectivity index (χ0v) is 20.1. The first-order valence-electron chi connectivity index (χ1n) is 11.6. The minimum absolute atomic E-state index is 0.0567. The van der Waals surface area contributed by atoms with Crippen molar-refractivity contribution in [3.8, 4) is 0 Å². The lowest BCUT2D eigenvalue weighted by molar-refractivity contribution is -0.147. The molecule has 198 valence electrons. The number of carboxylic acids is 2. The topological polar surface area (TPSA) is 244 Å². The molecule has 1 saturated heterocycles. The molecule has 1 fully saturated rings. The van der Waals surface area contributed by atoms with Crippen molar-refractivity contribution in [2.45, 2.75) is 76.5 Å². The number of aliphatic carboxylic acids is 2. The Kier molecular flexibility index (Phi) is 11.9. The van der Waals surface area contributed by atoms with Crippen LogP contribution in [-0.4, -0.2) is 88.0 Å². The molecular weight excluding hydrogens is 462 g/mol. The third-order valence-corrected chi connectivity index (χ3v) is 5.91. The molecule has 1 rings (SSSR count). The fraction of sp³-hybridized carbons (Fsp3) is 0.714. The van der Waals surface area contributed by atoms with Crippen LogP contribution >= 0.6 is 0 Å². The van der Waals surface area contributed by atoms with Crippen LogP contribution in [0.5, 0.6) is 0 Å². The summed E-state index contributed by atoms with van der Waals surface area (Å²) in [6.07, 6.45) is 1.41. The van der Waals surface area contributed by atoms with E-state index in [1.165, 1.54) is 4.90 Å². The standard InChI is InChI=1S/C21H37N7O7/c1-3-11(2)16(18(32)26-13(20(34)35)10-15(29)30)27-17(31)14-7-5-9-28(14)19(33)12(22)6-4-8-25-21(23)24/h11-14,16H,3-10,22H2,1-2H3,(H,26,32)(H,27,31)(H,29,30)(H,34,35)(H4,23,24,25). The van der Waals surface area contributed by atoms with Crippen molar-refractivity contribution in [3.63, 3.8) is 0 Å². The van der Waals surface area contributed by atoms with Gasteiger partial charge < -0.3 is 42.9 Å². The van der Waals surface area contributed by atoms with Crippen molar-refractivity contribution < 1.29 is 34.2 Å². The molecule has 0 aromatic rings. The smallest absolute Gasteiger partial charge is 0.326 e. The SMILES string of the molecule is CCC(C)C(NC(=O)C1CCCN1C(=O)C(N)CCCN=C(N)N)C(=O)NC(CC(=O)O)C(=O)O. The number of carboxylic acid groups (broad SMARTS) is 2. The molecule has 14 nitrogen and oxygen atoms in total. The van der Waals surface area contributed by atoms with E-state index in [4.69, 9.17) is 22.3 Å². The molecule has 14 heteroatoms. The summed E-state index contributed by atoms with van der Waals surface area (Å²) in [6, 6.07) is -4.45. The van der Waals surface area contributed by atoms with Crippen LogP contribution in [0.2, 0.25) is 0 Å². The molecule has 0 aromatic heterocycles. The summed E-state index contributed by atoms with van der Waals surface area (Å²) in [5, 5.41) is 22.9. The zero-order chi connectivity index (χ0) is 26.7. The molecule has 1 aliphatic rings. The molecule has 0 radical (unpaired) electrons. The van der Waals surface area contributed by atoms with Gasteiger partial charge in [-0.2, -0.15) is 0 Å². The van der Waals surface area contributed by atoms with Gasteiger partial charge in [0.2, 0.25) is 17.7 Å². The molecule has 5 atom stereocenters. The van der Waals surface area contributed by atoms with Crippen LogP contribution in [0.15, 0.2) is 4.99 Å². The largest absolute Gasteiger partial charge is 0.481 e. The van der Waals surface area contributed by atoms with E-state index in [1.807, 2.05) is 0 Å². The highest BCUT2D eigenvalue weighted by atomic mass is 16.4. The minimum Gasteiger partial charge on any atom is -0.481 e. The fourth-order valence-corrected chi connectivity index (χ4v) is 3.75. The maximum Gasteiger partial charge on any atom is 0.326 e. The maximum absolute atomic E-state index is 13.1. The number of aliphatic imine (C=N–C) groups is 1. The molecule has 0 bridgehead atoms. The Morgan fingerprint density at radius 3 is 2.34 bits per heavy atom. The number of amides is 3. The highest BCUT2D eigenvalue weighted by Crippen LogP contribution is 2.20. The fourth-order valence-electron chi connectivity index (χ4n) is 3.75. The number of hydrogen-bond acceptors (Lipinski definition) is 7. The lowest BCUT2D eigenvalue weighted by Gasteiger charge is -2.30. The first kappa shape index (κ1) is 29.6. The Hall–Kier alpha value is -3.42. The van der Waals surface area contributed by atoms with Crippen LogP contribution in [0.4, 0.5) is 0 Å². The molecule has 10 N–H and O–H groups in total. The van der Waals surface area contributed by atoms with Crippen LogP contribution < -0.4 is 27.8 Å². The molecule has 1 heterocycles. The summed E-state index contributed by atoms with van der Waals surface area (Å²) in [4.78, 5) is 66.2. The van der Waals surface area contributed by atoms with Crippen LogP contribution in [-0.2, 0) is 24.0 Å². The van der Waals surface area contributed by atoms with Gasteiger partial charge in [0.25, 0.3) is 0 Å². The molecule has 0 saturated carbocycles. The molecular formula is C21H37N7O7. The molecule has 3 amide bonds. The molecule has 0 spiro atoms. The Bertz CT molecular complexity index is 816. The second-order valence-corrected chi connectivity index (χ2v) is 8.61. The van der Waals surface area contributed by atoms with Crippen molar-refractivity contribution in [1.29, 1.82) is 0 Å². The first-order chi connectivity index (χ1) is 16.4.